The van der Waals surface area contributed by atoms with Gasteiger partial charge in [-0.05, 0) is 5.56 Å². The first kappa shape index (κ1) is 12.9. The molecule has 1 amide bonds. The van der Waals surface area contributed by atoms with Gasteiger partial charge >= 0.3 is 7.82 Å². The summed E-state index contributed by atoms with van der Waals surface area (Å²) in [5, 5.41) is 0. The second-order valence-electron chi connectivity index (χ2n) is 3.17. The SMILES string of the molecule is NC(=O)CC(OP(=O)(O)O)c1ccccc1. The number of phosphoric acid groups is 1. The number of amides is 1. The van der Waals surface area contributed by atoms with Crippen molar-refractivity contribution in [2.24, 2.45) is 5.73 Å². The van der Waals surface area contributed by atoms with Gasteiger partial charge in [-0.15, -0.1) is 0 Å². The molecule has 0 fully saturated rings. The lowest BCUT2D eigenvalue weighted by molar-refractivity contribution is -0.119. The summed E-state index contributed by atoms with van der Waals surface area (Å²) in [6.45, 7) is 0. The van der Waals surface area contributed by atoms with E-state index in [1.54, 1.807) is 30.3 Å². The predicted molar refractivity (Wildman–Crippen MR) is 56.1 cm³/mol. The Morgan fingerprint density at radius 1 is 1.38 bits per heavy atom. The standard InChI is InChI=1S/C9H12NO5P/c10-9(11)6-8(15-16(12,13)14)7-4-2-1-3-5-7/h1-5,8H,6H2,(H2,10,11)(H2,12,13,14). The highest BCUT2D eigenvalue weighted by atomic mass is 31.2. The van der Waals surface area contributed by atoms with Gasteiger partial charge in [-0.2, -0.15) is 0 Å². The van der Waals surface area contributed by atoms with E-state index in [9.17, 15) is 9.36 Å². The zero-order chi connectivity index (χ0) is 12.2. The van der Waals surface area contributed by atoms with Crippen LogP contribution in [0.25, 0.3) is 0 Å². The summed E-state index contributed by atoms with van der Waals surface area (Å²) in [5.74, 6) is -0.692. The molecule has 0 bridgehead atoms. The molecule has 0 heterocycles. The number of carbonyl (C=O) groups excluding carboxylic acids is 1. The molecule has 1 atom stereocenters. The number of nitrogens with two attached hydrogens (primary N) is 1. The summed E-state index contributed by atoms with van der Waals surface area (Å²) in [5.41, 5.74) is 5.47. The summed E-state index contributed by atoms with van der Waals surface area (Å²) < 4.78 is 15.2. The average Bonchev–Trinajstić information content (AvgIpc) is 2.15. The molecule has 0 spiro atoms. The molecule has 4 N–H and O–H groups in total. The van der Waals surface area contributed by atoms with Crippen LogP contribution in [0.2, 0.25) is 0 Å². The van der Waals surface area contributed by atoms with Crippen LogP contribution in [0.3, 0.4) is 0 Å². The number of phosphoric ester groups is 1. The van der Waals surface area contributed by atoms with Crippen LogP contribution in [0, 0.1) is 0 Å². The largest absolute Gasteiger partial charge is 0.470 e. The number of benzene rings is 1. The zero-order valence-electron chi connectivity index (χ0n) is 8.31. The molecule has 0 aliphatic carbocycles. The fourth-order valence-corrected chi connectivity index (χ4v) is 1.76. The van der Waals surface area contributed by atoms with E-state index in [0.717, 1.165) is 0 Å². The third kappa shape index (κ3) is 4.55. The molecule has 1 unspecified atom stereocenters. The van der Waals surface area contributed by atoms with E-state index in [1.165, 1.54) is 0 Å². The number of rotatable bonds is 5. The number of hydrogen-bond donors (Lipinski definition) is 3. The molecule has 1 rings (SSSR count). The van der Waals surface area contributed by atoms with Gasteiger partial charge in [0.1, 0.15) is 6.10 Å². The summed E-state index contributed by atoms with van der Waals surface area (Å²) >= 11 is 0. The van der Waals surface area contributed by atoms with E-state index in [4.69, 9.17) is 15.5 Å². The summed E-state index contributed by atoms with van der Waals surface area (Å²) in [4.78, 5) is 28.2. The van der Waals surface area contributed by atoms with Crippen molar-refractivity contribution in [3.8, 4) is 0 Å². The smallest absolute Gasteiger partial charge is 0.370 e. The Bertz CT molecular complexity index is 402. The number of carbonyl (C=O) groups is 1. The Morgan fingerprint density at radius 2 is 1.94 bits per heavy atom. The van der Waals surface area contributed by atoms with Gasteiger partial charge in [-0.1, -0.05) is 30.3 Å². The van der Waals surface area contributed by atoms with Crippen molar-refractivity contribution in [2.45, 2.75) is 12.5 Å². The van der Waals surface area contributed by atoms with E-state index >= 15 is 0 Å². The third-order valence-electron chi connectivity index (χ3n) is 1.82. The average molecular weight is 245 g/mol. The highest BCUT2D eigenvalue weighted by molar-refractivity contribution is 7.46. The topological polar surface area (TPSA) is 110 Å². The number of primary amides is 1. The maximum absolute atomic E-state index is 10.8. The van der Waals surface area contributed by atoms with Crippen molar-refractivity contribution in [1.82, 2.24) is 0 Å². The molecule has 7 heteroatoms. The molecule has 0 radical (unpaired) electrons. The summed E-state index contributed by atoms with van der Waals surface area (Å²) in [6, 6.07) is 8.29. The van der Waals surface area contributed by atoms with Crippen molar-refractivity contribution in [3.63, 3.8) is 0 Å². The molecule has 0 saturated heterocycles. The first-order chi connectivity index (χ1) is 7.38. The Kier molecular flexibility index (Phi) is 4.20. The fourth-order valence-electron chi connectivity index (χ4n) is 1.23. The minimum absolute atomic E-state index is 0.283. The summed E-state index contributed by atoms with van der Waals surface area (Å²) in [6.07, 6.45) is -1.31. The monoisotopic (exact) mass is 245 g/mol. The van der Waals surface area contributed by atoms with Crippen LogP contribution in [-0.2, 0) is 13.9 Å². The van der Waals surface area contributed by atoms with Crippen molar-refractivity contribution >= 4 is 13.7 Å². The van der Waals surface area contributed by atoms with Crippen LogP contribution in [0.5, 0.6) is 0 Å². The van der Waals surface area contributed by atoms with Gasteiger partial charge in [-0.25, -0.2) is 4.57 Å². The molecule has 0 saturated carbocycles. The second-order valence-corrected chi connectivity index (χ2v) is 4.36. The van der Waals surface area contributed by atoms with E-state index in [1.807, 2.05) is 0 Å². The van der Waals surface area contributed by atoms with E-state index in [2.05, 4.69) is 4.52 Å². The Balaban J connectivity index is 2.88. The lowest BCUT2D eigenvalue weighted by Gasteiger charge is -2.16. The van der Waals surface area contributed by atoms with Gasteiger partial charge in [0, 0.05) is 0 Å². The van der Waals surface area contributed by atoms with Crippen LogP contribution in [0.15, 0.2) is 30.3 Å². The molecule has 0 aromatic heterocycles. The Hall–Kier alpha value is -1.20. The van der Waals surface area contributed by atoms with Crippen LogP contribution < -0.4 is 5.73 Å². The first-order valence-electron chi connectivity index (χ1n) is 4.45. The van der Waals surface area contributed by atoms with Gasteiger partial charge in [0.2, 0.25) is 5.91 Å². The molecule has 16 heavy (non-hydrogen) atoms. The zero-order valence-corrected chi connectivity index (χ0v) is 9.21. The van der Waals surface area contributed by atoms with E-state index in [-0.39, 0.29) is 6.42 Å². The van der Waals surface area contributed by atoms with E-state index < -0.39 is 19.8 Å². The third-order valence-corrected chi connectivity index (χ3v) is 2.35. The van der Waals surface area contributed by atoms with E-state index in [0.29, 0.717) is 5.56 Å². The highest BCUT2D eigenvalue weighted by Crippen LogP contribution is 2.43. The maximum atomic E-state index is 10.8. The predicted octanol–water partition coefficient (Wildman–Crippen LogP) is 0.712. The summed E-state index contributed by atoms with van der Waals surface area (Å²) in [7, 11) is -4.65. The molecule has 1 aromatic rings. The number of hydrogen-bond acceptors (Lipinski definition) is 3. The lowest BCUT2D eigenvalue weighted by Crippen LogP contribution is -2.16. The van der Waals surface area contributed by atoms with Crippen LogP contribution >= 0.6 is 7.82 Å². The van der Waals surface area contributed by atoms with Crippen molar-refractivity contribution in [2.75, 3.05) is 0 Å². The quantitative estimate of drug-likeness (QED) is 0.662. The van der Waals surface area contributed by atoms with Gasteiger partial charge < -0.3 is 15.5 Å². The first-order valence-corrected chi connectivity index (χ1v) is 5.99. The maximum Gasteiger partial charge on any atom is 0.470 e. The Morgan fingerprint density at radius 3 is 2.38 bits per heavy atom. The van der Waals surface area contributed by atoms with Gasteiger partial charge in [0.05, 0.1) is 6.42 Å². The highest BCUT2D eigenvalue weighted by Gasteiger charge is 2.24. The van der Waals surface area contributed by atoms with Crippen LogP contribution in [0.4, 0.5) is 0 Å². The molecular formula is C9H12NO5P. The minimum atomic E-state index is -4.65. The van der Waals surface area contributed by atoms with Crippen LogP contribution in [0.1, 0.15) is 18.1 Å². The van der Waals surface area contributed by atoms with Crippen molar-refractivity contribution in [3.05, 3.63) is 35.9 Å². The van der Waals surface area contributed by atoms with Gasteiger partial charge in [0.15, 0.2) is 0 Å². The van der Waals surface area contributed by atoms with Crippen molar-refractivity contribution < 1.29 is 23.7 Å². The molecule has 6 nitrogen and oxygen atoms in total. The minimum Gasteiger partial charge on any atom is -0.370 e. The molecular weight excluding hydrogens is 233 g/mol. The fraction of sp³-hybridized carbons (Fsp3) is 0.222. The normalized spacial score (nSPS) is 13.4. The Labute approximate surface area is 92.3 Å². The molecule has 0 aliphatic heterocycles. The van der Waals surface area contributed by atoms with Gasteiger partial charge in [0.25, 0.3) is 0 Å². The van der Waals surface area contributed by atoms with Gasteiger partial charge in [-0.3, -0.25) is 9.32 Å². The molecule has 0 aliphatic rings. The van der Waals surface area contributed by atoms with Crippen LogP contribution in [-0.4, -0.2) is 15.7 Å². The second kappa shape index (κ2) is 5.23. The molecule has 88 valence electrons. The molecule has 1 aromatic carbocycles. The van der Waals surface area contributed by atoms with Crippen molar-refractivity contribution in [1.29, 1.82) is 0 Å². The lowest BCUT2D eigenvalue weighted by atomic mass is 10.1.